The lowest BCUT2D eigenvalue weighted by atomic mass is 9.95. The molecule has 0 radical (unpaired) electrons. The van der Waals surface area contributed by atoms with Gasteiger partial charge in [-0.25, -0.2) is 0 Å². The first-order chi connectivity index (χ1) is 9.96. The monoisotopic (exact) mass is 288 g/mol. The van der Waals surface area contributed by atoms with E-state index in [1.807, 2.05) is 0 Å². The number of hydrogen-bond acceptors (Lipinski definition) is 2. The van der Waals surface area contributed by atoms with E-state index in [0.29, 0.717) is 0 Å². The van der Waals surface area contributed by atoms with Gasteiger partial charge in [-0.2, -0.15) is 0 Å². The summed E-state index contributed by atoms with van der Waals surface area (Å²) in [6.07, 6.45) is 3.79. The summed E-state index contributed by atoms with van der Waals surface area (Å²) in [6, 6.07) is 9.14. The van der Waals surface area contributed by atoms with E-state index < -0.39 is 0 Å². The number of likely N-dealkylation sites (tertiary alicyclic amines) is 1. The number of nitrogens with one attached hydrogen (secondary N) is 1. The molecule has 1 aliphatic rings. The molecular formula is C19H32N2. The maximum Gasteiger partial charge on any atom is 0.0233 e. The second-order valence-electron chi connectivity index (χ2n) is 7.52. The molecule has 1 aromatic carbocycles. The Hall–Kier alpha value is -0.860. The third-order valence-corrected chi connectivity index (χ3v) is 4.47. The lowest BCUT2D eigenvalue weighted by Gasteiger charge is -2.33. The summed E-state index contributed by atoms with van der Waals surface area (Å²) in [5, 5.41) is 3.65. The third-order valence-electron chi connectivity index (χ3n) is 4.47. The lowest BCUT2D eigenvalue weighted by Crippen LogP contribution is -2.42. The summed E-state index contributed by atoms with van der Waals surface area (Å²) in [4.78, 5) is 2.61. The van der Waals surface area contributed by atoms with Crippen LogP contribution in [0, 0.1) is 5.92 Å². The molecule has 1 aromatic rings. The number of aryl methyl sites for hydroxylation is 1. The van der Waals surface area contributed by atoms with Gasteiger partial charge in [0.2, 0.25) is 0 Å². The van der Waals surface area contributed by atoms with Crippen molar-refractivity contribution in [3.05, 3.63) is 35.4 Å². The van der Waals surface area contributed by atoms with Crippen molar-refractivity contribution in [3.8, 4) is 0 Å². The van der Waals surface area contributed by atoms with E-state index in [1.54, 1.807) is 0 Å². The van der Waals surface area contributed by atoms with Crippen LogP contribution in [-0.4, -0.2) is 30.1 Å². The average molecular weight is 288 g/mol. The summed E-state index contributed by atoms with van der Waals surface area (Å²) in [6.45, 7) is 13.7. The molecule has 118 valence electrons. The predicted octanol–water partition coefficient (Wildman–Crippen LogP) is 3.85. The largest absolute Gasteiger partial charge is 0.312 e. The quantitative estimate of drug-likeness (QED) is 0.885. The van der Waals surface area contributed by atoms with Crippen LogP contribution in [0.2, 0.25) is 0 Å². The molecule has 0 spiro atoms. The van der Waals surface area contributed by atoms with Gasteiger partial charge in [-0.3, -0.25) is 4.90 Å². The van der Waals surface area contributed by atoms with Gasteiger partial charge < -0.3 is 5.32 Å². The van der Waals surface area contributed by atoms with E-state index in [1.165, 1.54) is 43.6 Å². The second-order valence-corrected chi connectivity index (χ2v) is 7.52. The maximum atomic E-state index is 3.65. The van der Waals surface area contributed by atoms with Crippen LogP contribution in [0.25, 0.3) is 0 Å². The molecule has 1 aliphatic heterocycles. The Morgan fingerprint density at radius 2 is 1.62 bits per heavy atom. The standard InChI is InChI=1S/C19H32N2/c1-5-16-6-8-18(9-7-16)15-21-12-10-17(11-13-21)14-20-19(2,3)4/h6-9,17,20H,5,10-15H2,1-4H3. The Morgan fingerprint density at radius 3 is 2.14 bits per heavy atom. The Kier molecular flexibility index (Phi) is 5.83. The first kappa shape index (κ1) is 16.5. The van der Waals surface area contributed by atoms with E-state index in [9.17, 15) is 0 Å². The molecule has 2 rings (SSSR count). The van der Waals surface area contributed by atoms with Crippen LogP contribution in [0.1, 0.15) is 51.7 Å². The van der Waals surface area contributed by atoms with Crippen LogP contribution >= 0.6 is 0 Å². The molecule has 0 atom stereocenters. The minimum atomic E-state index is 0.248. The van der Waals surface area contributed by atoms with Crippen molar-refractivity contribution < 1.29 is 0 Å². The fourth-order valence-corrected chi connectivity index (χ4v) is 2.94. The molecule has 2 heteroatoms. The fraction of sp³-hybridized carbons (Fsp3) is 0.684. The van der Waals surface area contributed by atoms with E-state index >= 15 is 0 Å². The molecule has 1 fully saturated rings. The van der Waals surface area contributed by atoms with Crippen LogP contribution < -0.4 is 5.32 Å². The summed E-state index contributed by atoms with van der Waals surface area (Å²) >= 11 is 0. The third kappa shape index (κ3) is 5.80. The topological polar surface area (TPSA) is 15.3 Å². The molecule has 0 saturated carbocycles. The zero-order valence-corrected chi connectivity index (χ0v) is 14.3. The van der Waals surface area contributed by atoms with Crippen molar-refractivity contribution in [2.75, 3.05) is 19.6 Å². The van der Waals surface area contributed by atoms with Crippen molar-refractivity contribution in [3.63, 3.8) is 0 Å². The summed E-state index contributed by atoms with van der Waals surface area (Å²) in [7, 11) is 0. The molecule has 21 heavy (non-hydrogen) atoms. The predicted molar refractivity (Wildman–Crippen MR) is 91.6 cm³/mol. The molecule has 0 bridgehead atoms. The highest BCUT2D eigenvalue weighted by molar-refractivity contribution is 5.22. The van der Waals surface area contributed by atoms with Crippen molar-refractivity contribution >= 4 is 0 Å². The average Bonchev–Trinajstić information content (AvgIpc) is 2.46. The number of benzene rings is 1. The maximum absolute atomic E-state index is 3.65. The van der Waals surface area contributed by atoms with E-state index in [2.05, 4.69) is 62.2 Å². The zero-order chi connectivity index (χ0) is 15.3. The van der Waals surface area contributed by atoms with Gasteiger partial charge in [-0.05, 0) is 76.7 Å². The molecule has 0 aliphatic carbocycles. The van der Waals surface area contributed by atoms with E-state index in [4.69, 9.17) is 0 Å². The molecule has 1 saturated heterocycles. The molecule has 0 aromatic heterocycles. The Bertz CT molecular complexity index is 408. The highest BCUT2D eigenvalue weighted by Gasteiger charge is 2.20. The van der Waals surface area contributed by atoms with Gasteiger partial charge in [0.05, 0.1) is 0 Å². The Balaban J connectivity index is 1.73. The van der Waals surface area contributed by atoms with Crippen LogP contribution in [0.3, 0.4) is 0 Å². The van der Waals surface area contributed by atoms with Gasteiger partial charge >= 0.3 is 0 Å². The molecule has 2 nitrogen and oxygen atoms in total. The van der Waals surface area contributed by atoms with Crippen LogP contribution in [0.5, 0.6) is 0 Å². The van der Waals surface area contributed by atoms with E-state index in [0.717, 1.165) is 18.9 Å². The van der Waals surface area contributed by atoms with Gasteiger partial charge in [-0.1, -0.05) is 31.2 Å². The Labute approximate surface area is 130 Å². The normalized spacial score (nSPS) is 18.1. The van der Waals surface area contributed by atoms with Crippen molar-refractivity contribution in [2.24, 2.45) is 5.92 Å². The first-order valence-corrected chi connectivity index (χ1v) is 8.51. The van der Waals surface area contributed by atoms with Gasteiger partial charge in [0.15, 0.2) is 0 Å². The van der Waals surface area contributed by atoms with Gasteiger partial charge in [0, 0.05) is 12.1 Å². The molecule has 1 N–H and O–H groups in total. The number of hydrogen-bond donors (Lipinski definition) is 1. The number of nitrogens with zero attached hydrogens (tertiary/aromatic N) is 1. The number of piperidine rings is 1. The summed E-state index contributed by atoms with van der Waals surface area (Å²) in [5.74, 6) is 0.850. The second kappa shape index (κ2) is 7.42. The van der Waals surface area contributed by atoms with E-state index in [-0.39, 0.29) is 5.54 Å². The summed E-state index contributed by atoms with van der Waals surface area (Å²) in [5.41, 5.74) is 3.14. The minimum Gasteiger partial charge on any atom is -0.312 e. The van der Waals surface area contributed by atoms with Crippen LogP contribution in [-0.2, 0) is 13.0 Å². The Morgan fingerprint density at radius 1 is 1.05 bits per heavy atom. The van der Waals surface area contributed by atoms with Gasteiger partial charge in [-0.15, -0.1) is 0 Å². The van der Waals surface area contributed by atoms with Crippen molar-refractivity contribution in [1.29, 1.82) is 0 Å². The summed E-state index contributed by atoms with van der Waals surface area (Å²) < 4.78 is 0. The first-order valence-electron chi connectivity index (χ1n) is 8.51. The number of rotatable bonds is 5. The molecule has 0 amide bonds. The smallest absolute Gasteiger partial charge is 0.0233 e. The van der Waals surface area contributed by atoms with Crippen LogP contribution in [0.15, 0.2) is 24.3 Å². The van der Waals surface area contributed by atoms with Gasteiger partial charge in [0.1, 0.15) is 0 Å². The highest BCUT2D eigenvalue weighted by atomic mass is 15.1. The molecule has 0 unspecified atom stereocenters. The van der Waals surface area contributed by atoms with Crippen molar-refractivity contribution in [1.82, 2.24) is 10.2 Å². The lowest BCUT2D eigenvalue weighted by molar-refractivity contribution is 0.170. The highest BCUT2D eigenvalue weighted by Crippen LogP contribution is 2.19. The molecule has 1 heterocycles. The SMILES string of the molecule is CCc1ccc(CN2CCC(CNC(C)(C)C)CC2)cc1. The fourth-order valence-electron chi connectivity index (χ4n) is 2.94. The zero-order valence-electron chi connectivity index (χ0n) is 14.3. The molecular weight excluding hydrogens is 256 g/mol. The van der Waals surface area contributed by atoms with Gasteiger partial charge in [0.25, 0.3) is 0 Å². The minimum absolute atomic E-state index is 0.248. The van der Waals surface area contributed by atoms with Crippen LogP contribution in [0.4, 0.5) is 0 Å². The van der Waals surface area contributed by atoms with Crippen molar-refractivity contribution in [2.45, 2.75) is 59.0 Å².